The van der Waals surface area contributed by atoms with E-state index in [1.165, 1.54) is 18.4 Å². The maximum atomic E-state index is 13.1. The Morgan fingerprint density at radius 1 is 1.12 bits per heavy atom. The molecule has 4 atom stereocenters. The van der Waals surface area contributed by atoms with Crippen LogP contribution in [0.3, 0.4) is 0 Å². The summed E-state index contributed by atoms with van der Waals surface area (Å²) in [5, 5.41) is 12.3. The van der Waals surface area contributed by atoms with Crippen molar-refractivity contribution in [3.63, 3.8) is 0 Å². The standard InChI is InChI=1S/C27H29NO4/c29-20-10-11-27(30)22-14-19-8-9-21(31-16-18-4-2-1-3-5-18)24-23(19)26(27,25(20)32-24)12-13-28(22)15-17-6-7-17/h1-5,8-9,17,22,25,30H,6-7,10-16H2. The minimum Gasteiger partial charge on any atom is -0.485 e. The smallest absolute Gasteiger partial charge is 0.174 e. The Balaban J connectivity index is 1.32. The molecule has 166 valence electrons. The van der Waals surface area contributed by atoms with Crippen LogP contribution in [0.1, 0.15) is 48.8 Å². The van der Waals surface area contributed by atoms with Crippen LogP contribution in [0.5, 0.6) is 11.5 Å². The minimum atomic E-state index is -0.922. The Labute approximate surface area is 188 Å². The van der Waals surface area contributed by atoms with Crippen LogP contribution in [-0.2, 0) is 23.2 Å². The maximum absolute atomic E-state index is 13.1. The summed E-state index contributed by atoms with van der Waals surface area (Å²) in [5.41, 5.74) is 1.81. The van der Waals surface area contributed by atoms with Crippen molar-refractivity contribution in [2.24, 2.45) is 5.92 Å². The van der Waals surface area contributed by atoms with Gasteiger partial charge in [-0.05, 0) is 61.8 Å². The number of carbonyl (C=O) groups is 1. The fraction of sp³-hybridized carbons (Fsp3) is 0.519. The van der Waals surface area contributed by atoms with Gasteiger partial charge in [0.05, 0.1) is 11.0 Å². The number of likely N-dealkylation sites (tertiary alicyclic amines) is 1. The van der Waals surface area contributed by atoms with Crippen LogP contribution < -0.4 is 9.47 Å². The summed E-state index contributed by atoms with van der Waals surface area (Å²) in [6, 6.07) is 14.3. The summed E-state index contributed by atoms with van der Waals surface area (Å²) in [6.45, 7) is 2.44. The number of ether oxygens (including phenoxy) is 2. The van der Waals surface area contributed by atoms with Crippen molar-refractivity contribution in [2.45, 2.75) is 68.3 Å². The number of hydrogen-bond acceptors (Lipinski definition) is 5. The third kappa shape index (κ3) is 2.44. The second-order valence-electron chi connectivity index (χ2n) is 10.5. The lowest BCUT2D eigenvalue weighted by molar-refractivity contribution is -0.188. The zero-order chi connectivity index (χ0) is 21.5. The first kappa shape index (κ1) is 19.1. The van der Waals surface area contributed by atoms with Gasteiger partial charge in [0.25, 0.3) is 0 Å². The Morgan fingerprint density at radius 2 is 1.97 bits per heavy atom. The van der Waals surface area contributed by atoms with Crippen LogP contribution >= 0.6 is 0 Å². The van der Waals surface area contributed by atoms with Gasteiger partial charge >= 0.3 is 0 Å². The molecule has 0 radical (unpaired) electrons. The van der Waals surface area contributed by atoms with E-state index in [9.17, 15) is 9.90 Å². The van der Waals surface area contributed by atoms with Gasteiger partial charge in [-0.2, -0.15) is 0 Å². The molecule has 5 aliphatic rings. The summed E-state index contributed by atoms with van der Waals surface area (Å²) in [5.74, 6) is 2.29. The first-order valence-corrected chi connectivity index (χ1v) is 12.1. The molecule has 1 spiro atoms. The number of benzene rings is 2. The monoisotopic (exact) mass is 431 g/mol. The van der Waals surface area contributed by atoms with Crippen LogP contribution in [0.4, 0.5) is 0 Å². The molecule has 2 bridgehead atoms. The molecule has 1 N–H and O–H groups in total. The minimum absolute atomic E-state index is 0.0607. The van der Waals surface area contributed by atoms with Crippen LogP contribution in [0.15, 0.2) is 42.5 Å². The number of Topliss-reactive ketones (excluding diaryl/α,β-unsaturated/α-hetero) is 1. The first-order chi connectivity index (χ1) is 15.6. The third-order valence-electron chi connectivity index (χ3n) is 8.78. The highest BCUT2D eigenvalue weighted by Crippen LogP contribution is 2.65. The number of hydrogen-bond donors (Lipinski definition) is 1. The van der Waals surface area contributed by atoms with E-state index in [0.29, 0.717) is 30.9 Å². The molecule has 32 heavy (non-hydrogen) atoms. The van der Waals surface area contributed by atoms with Gasteiger partial charge in [-0.15, -0.1) is 0 Å². The van der Waals surface area contributed by atoms with E-state index in [2.05, 4.69) is 11.0 Å². The van der Waals surface area contributed by atoms with Crippen molar-refractivity contribution in [3.8, 4) is 11.5 Å². The van der Waals surface area contributed by atoms with Crippen LogP contribution in [0, 0.1) is 5.92 Å². The molecule has 2 aliphatic heterocycles. The van der Waals surface area contributed by atoms with Gasteiger partial charge in [0.15, 0.2) is 23.4 Å². The predicted octanol–water partition coefficient (Wildman–Crippen LogP) is 3.40. The number of carbonyl (C=O) groups excluding carboxylic acids is 1. The first-order valence-electron chi connectivity index (χ1n) is 12.1. The number of ketones is 1. The van der Waals surface area contributed by atoms with E-state index in [0.717, 1.165) is 43.0 Å². The largest absolute Gasteiger partial charge is 0.485 e. The molecule has 5 heteroatoms. The summed E-state index contributed by atoms with van der Waals surface area (Å²) in [4.78, 5) is 15.7. The van der Waals surface area contributed by atoms with Crippen molar-refractivity contribution in [1.29, 1.82) is 0 Å². The lowest BCUT2D eigenvalue weighted by Gasteiger charge is -2.62. The number of nitrogens with zero attached hydrogens (tertiary/aromatic N) is 1. The summed E-state index contributed by atoms with van der Waals surface area (Å²) in [6.07, 6.45) is 4.52. The summed E-state index contributed by atoms with van der Waals surface area (Å²) >= 11 is 0. The highest BCUT2D eigenvalue weighted by atomic mass is 16.5. The third-order valence-corrected chi connectivity index (χ3v) is 8.78. The molecule has 0 aromatic heterocycles. The molecule has 0 amide bonds. The zero-order valence-corrected chi connectivity index (χ0v) is 18.3. The van der Waals surface area contributed by atoms with Gasteiger partial charge in [-0.1, -0.05) is 36.4 Å². The van der Waals surface area contributed by atoms with Gasteiger partial charge < -0.3 is 14.6 Å². The van der Waals surface area contributed by atoms with Gasteiger partial charge in [-0.3, -0.25) is 9.69 Å². The van der Waals surface area contributed by atoms with Crippen molar-refractivity contribution in [2.75, 3.05) is 13.1 Å². The summed E-state index contributed by atoms with van der Waals surface area (Å²) in [7, 11) is 0. The predicted molar refractivity (Wildman–Crippen MR) is 119 cm³/mol. The van der Waals surface area contributed by atoms with E-state index in [1.54, 1.807) is 0 Å². The van der Waals surface area contributed by atoms with E-state index < -0.39 is 17.1 Å². The number of rotatable bonds is 5. The molecule has 7 rings (SSSR count). The molecule has 2 aromatic rings. The molecular formula is C27H29NO4. The Kier molecular flexibility index (Phi) is 3.93. The second kappa shape index (κ2) is 6.58. The lowest BCUT2D eigenvalue weighted by atomic mass is 9.49. The number of aliphatic hydroxyl groups is 1. The zero-order valence-electron chi connectivity index (χ0n) is 18.3. The van der Waals surface area contributed by atoms with Gasteiger partial charge in [-0.25, -0.2) is 0 Å². The van der Waals surface area contributed by atoms with Crippen molar-refractivity contribution >= 4 is 5.78 Å². The highest BCUT2D eigenvalue weighted by molar-refractivity contribution is 5.90. The van der Waals surface area contributed by atoms with Crippen molar-refractivity contribution in [1.82, 2.24) is 4.90 Å². The van der Waals surface area contributed by atoms with Gasteiger partial charge in [0.1, 0.15) is 6.61 Å². The molecule has 5 nitrogen and oxygen atoms in total. The average Bonchev–Trinajstić information content (AvgIpc) is 3.55. The lowest BCUT2D eigenvalue weighted by Crippen LogP contribution is -2.76. The molecule has 2 heterocycles. The van der Waals surface area contributed by atoms with Crippen molar-refractivity contribution < 1.29 is 19.4 Å². The van der Waals surface area contributed by atoms with E-state index >= 15 is 0 Å². The molecule has 2 saturated carbocycles. The molecule has 3 fully saturated rings. The SMILES string of the molecule is O=C1CCC2(O)C3Cc4ccc(OCc5ccccc5)c5c4C2(CCN3CC2CC2)C1O5. The fourth-order valence-corrected chi connectivity index (χ4v) is 7.10. The van der Waals surface area contributed by atoms with Gasteiger partial charge in [0.2, 0.25) is 0 Å². The Hall–Kier alpha value is -2.37. The molecule has 2 aromatic carbocycles. The van der Waals surface area contributed by atoms with Gasteiger partial charge in [0, 0.05) is 24.6 Å². The highest BCUT2D eigenvalue weighted by Gasteiger charge is 2.73. The maximum Gasteiger partial charge on any atom is 0.174 e. The second-order valence-corrected chi connectivity index (χ2v) is 10.5. The fourth-order valence-electron chi connectivity index (χ4n) is 7.10. The van der Waals surface area contributed by atoms with Crippen LogP contribution in [0.25, 0.3) is 0 Å². The quantitative estimate of drug-likeness (QED) is 0.786. The van der Waals surface area contributed by atoms with E-state index in [1.807, 2.05) is 36.4 Å². The van der Waals surface area contributed by atoms with Crippen LogP contribution in [0.2, 0.25) is 0 Å². The van der Waals surface area contributed by atoms with Crippen molar-refractivity contribution in [3.05, 3.63) is 59.2 Å². The average molecular weight is 432 g/mol. The molecule has 1 saturated heterocycles. The molecule has 3 aliphatic carbocycles. The Bertz CT molecular complexity index is 1100. The van der Waals surface area contributed by atoms with Crippen LogP contribution in [-0.4, -0.2) is 46.6 Å². The van der Waals surface area contributed by atoms with E-state index in [-0.39, 0.29) is 11.8 Å². The molecular weight excluding hydrogens is 402 g/mol. The molecule has 4 unspecified atom stereocenters. The topological polar surface area (TPSA) is 59.0 Å². The Morgan fingerprint density at radius 3 is 2.78 bits per heavy atom. The summed E-state index contributed by atoms with van der Waals surface area (Å²) < 4.78 is 12.7. The van der Waals surface area contributed by atoms with E-state index in [4.69, 9.17) is 9.47 Å². The number of piperidine rings is 1. The normalized spacial score (nSPS) is 34.7.